The van der Waals surface area contributed by atoms with E-state index in [1.165, 1.54) is 12.1 Å². The Bertz CT molecular complexity index is 682. The molecule has 2 nitrogen and oxygen atoms in total. The van der Waals surface area contributed by atoms with Crippen molar-refractivity contribution in [2.45, 2.75) is 32.4 Å². The molecule has 0 atom stereocenters. The fourth-order valence-corrected chi connectivity index (χ4v) is 2.65. The normalized spacial score (nSPS) is 15.4. The minimum absolute atomic E-state index is 0.157. The van der Waals surface area contributed by atoms with Gasteiger partial charge in [-0.05, 0) is 31.5 Å². The lowest BCUT2D eigenvalue weighted by Crippen LogP contribution is -2.25. The molecule has 0 fully saturated rings. The van der Waals surface area contributed by atoms with Gasteiger partial charge < -0.3 is 10.1 Å². The van der Waals surface area contributed by atoms with E-state index in [2.05, 4.69) is 5.32 Å². The zero-order valence-corrected chi connectivity index (χ0v) is 12.0. The fourth-order valence-electron chi connectivity index (χ4n) is 2.65. The molecule has 1 N–H and O–H groups in total. The molecule has 1 aliphatic rings. The van der Waals surface area contributed by atoms with Crippen molar-refractivity contribution in [1.82, 2.24) is 0 Å². The highest BCUT2D eigenvalue weighted by molar-refractivity contribution is 5.50. The van der Waals surface area contributed by atoms with Crippen LogP contribution in [0.25, 0.3) is 0 Å². The Morgan fingerprint density at radius 2 is 1.90 bits per heavy atom. The lowest BCUT2D eigenvalue weighted by Gasteiger charge is -2.18. The van der Waals surface area contributed by atoms with Gasteiger partial charge in [0.15, 0.2) is 11.6 Å². The maximum atomic E-state index is 13.6. The Morgan fingerprint density at radius 3 is 2.71 bits per heavy atom. The Kier molecular flexibility index (Phi) is 3.32. The van der Waals surface area contributed by atoms with Gasteiger partial charge in [0.05, 0.1) is 5.69 Å². The van der Waals surface area contributed by atoms with E-state index in [0.717, 1.165) is 29.4 Å². The first-order valence-corrected chi connectivity index (χ1v) is 6.94. The number of ether oxygens (including phenoxy) is 1. The van der Waals surface area contributed by atoms with Crippen LogP contribution in [0, 0.1) is 11.6 Å². The van der Waals surface area contributed by atoms with Crippen LogP contribution in [-0.4, -0.2) is 5.60 Å². The van der Waals surface area contributed by atoms with E-state index < -0.39 is 11.6 Å². The third kappa shape index (κ3) is 2.71. The van der Waals surface area contributed by atoms with E-state index in [-0.39, 0.29) is 11.3 Å². The summed E-state index contributed by atoms with van der Waals surface area (Å²) in [6.45, 7) is 4.46. The van der Waals surface area contributed by atoms with Gasteiger partial charge in [0, 0.05) is 18.5 Å². The largest absolute Gasteiger partial charge is 0.487 e. The SMILES string of the molecule is CC1(C)Cc2cccc(CNc3cccc(F)c3F)c2O1. The molecule has 3 rings (SSSR count). The highest BCUT2D eigenvalue weighted by atomic mass is 19.2. The Labute approximate surface area is 122 Å². The summed E-state index contributed by atoms with van der Waals surface area (Å²) in [5.41, 5.74) is 2.04. The maximum Gasteiger partial charge on any atom is 0.181 e. The molecular weight excluding hydrogens is 272 g/mol. The van der Waals surface area contributed by atoms with E-state index >= 15 is 0 Å². The average Bonchev–Trinajstić information content (AvgIpc) is 2.75. The number of para-hydroxylation sites is 1. The zero-order valence-electron chi connectivity index (χ0n) is 12.0. The highest BCUT2D eigenvalue weighted by Gasteiger charge is 2.31. The smallest absolute Gasteiger partial charge is 0.181 e. The molecule has 0 amide bonds. The number of halogens is 2. The molecule has 0 saturated carbocycles. The van der Waals surface area contributed by atoms with E-state index in [0.29, 0.717) is 6.54 Å². The third-order valence-corrected chi connectivity index (χ3v) is 3.59. The Balaban J connectivity index is 1.82. The molecule has 4 heteroatoms. The molecule has 0 unspecified atom stereocenters. The standard InChI is InChI=1S/C17H17F2NO/c1-17(2)9-11-5-3-6-12(16(11)21-17)10-20-14-8-4-7-13(18)15(14)19/h3-8,20H,9-10H2,1-2H3. The summed E-state index contributed by atoms with van der Waals surface area (Å²) >= 11 is 0. The van der Waals surface area contributed by atoms with E-state index in [1.54, 1.807) is 0 Å². The van der Waals surface area contributed by atoms with Crippen molar-refractivity contribution in [3.05, 3.63) is 59.2 Å². The second-order valence-electron chi connectivity index (χ2n) is 5.90. The lowest BCUT2D eigenvalue weighted by molar-refractivity contribution is 0.137. The van der Waals surface area contributed by atoms with Crippen molar-refractivity contribution in [3.63, 3.8) is 0 Å². The molecule has 0 aromatic heterocycles. The third-order valence-electron chi connectivity index (χ3n) is 3.59. The van der Waals surface area contributed by atoms with Crippen LogP contribution in [0.4, 0.5) is 14.5 Å². The van der Waals surface area contributed by atoms with Crippen LogP contribution in [0.2, 0.25) is 0 Å². The van der Waals surface area contributed by atoms with Gasteiger partial charge in [-0.1, -0.05) is 24.3 Å². The topological polar surface area (TPSA) is 21.3 Å². The zero-order chi connectivity index (χ0) is 15.0. The van der Waals surface area contributed by atoms with Gasteiger partial charge in [0.1, 0.15) is 11.4 Å². The number of fused-ring (bicyclic) bond motifs is 1. The van der Waals surface area contributed by atoms with E-state index in [1.807, 2.05) is 32.0 Å². The summed E-state index contributed by atoms with van der Waals surface area (Å²) in [4.78, 5) is 0. The minimum Gasteiger partial charge on any atom is -0.487 e. The molecule has 21 heavy (non-hydrogen) atoms. The van der Waals surface area contributed by atoms with Crippen molar-refractivity contribution in [1.29, 1.82) is 0 Å². The van der Waals surface area contributed by atoms with Crippen molar-refractivity contribution in [3.8, 4) is 5.75 Å². The lowest BCUT2D eigenvalue weighted by atomic mass is 10.0. The van der Waals surface area contributed by atoms with Gasteiger partial charge in [-0.2, -0.15) is 0 Å². The predicted octanol–water partition coefficient (Wildman–Crippen LogP) is 4.29. The Hall–Kier alpha value is -2.10. The van der Waals surface area contributed by atoms with Gasteiger partial charge in [-0.3, -0.25) is 0 Å². The summed E-state index contributed by atoms with van der Waals surface area (Å²) < 4.78 is 32.8. The summed E-state index contributed by atoms with van der Waals surface area (Å²) in [6.07, 6.45) is 0.852. The molecule has 1 heterocycles. The predicted molar refractivity (Wildman–Crippen MR) is 78.5 cm³/mol. The van der Waals surface area contributed by atoms with E-state index in [9.17, 15) is 8.78 Å². The van der Waals surface area contributed by atoms with Gasteiger partial charge >= 0.3 is 0 Å². The molecule has 1 aliphatic heterocycles. The van der Waals surface area contributed by atoms with Gasteiger partial charge in [0.2, 0.25) is 0 Å². The number of hydrogen-bond acceptors (Lipinski definition) is 2. The molecular formula is C17H17F2NO. The minimum atomic E-state index is -0.855. The Morgan fingerprint density at radius 1 is 1.14 bits per heavy atom. The maximum absolute atomic E-state index is 13.6. The number of rotatable bonds is 3. The van der Waals surface area contributed by atoms with E-state index in [4.69, 9.17) is 4.74 Å². The first-order chi connectivity index (χ1) is 9.96. The van der Waals surface area contributed by atoms with Crippen molar-refractivity contribution >= 4 is 5.69 Å². The molecule has 0 saturated heterocycles. The van der Waals surface area contributed by atoms with Crippen molar-refractivity contribution in [2.75, 3.05) is 5.32 Å². The number of anilines is 1. The highest BCUT2D eigenvalue weighted by Crippen LogP contribution is 2.37. The monoisotopic (exact) mass is 289 g/mol. The molecule has 2 aromatic carbocycles. The average molecular weight is 289 g/mol. The first-order valence-electron chi connectivity index (χ1n) is 6.94. The van der Waals surface area contributed by atoms with Crippen molar-refractivity contribution < 1.29 is 13.5 Å². The molecule has 2 aromatic rings. The quantitative estimate of drug-likeness (QED) is 0.910. The number of nitrogens with one attached hydrogen (secondary N) is 1. The van der Waals surface area contributed by atoms with Crippen molar-refractivity contribution in [2.24, 2.45) is 0 Å². The second kappa shape index (κ2) is 5.02. The molecule has 0 aliphatic carbocycles. The summed E-state index contributed by atoms with van der Waals surface area (Å²) in [7, 11) is 0. The molecule has 110 valence electrons. The summed E-state index contributed by atoms with van der Waals surface area (Å²) in [6, 6.07) is 10.0. The van der Waals surface area contributed by atoms with Crippen LogP contribution in [-0.2, 0) is 13.0 Å². The summed E-state index contributed by atoms with van der Waals surface area (Å²) in [5, 5.41) is 2.93. The number of hydrogen-bond donors (Lipinski definition) is 1. The van der Waals surface area contributed by atoms with Gasteiger partial charge in [-0.25, -0.2) is 8.78 Å². The first kappa shape index (κ1) is 13.9. The molecule has 0 radical (unpaired) electrons. The van der Waals surface area contributed by atoms with Crippen LogP contribution in [0.1, 0.15) is 25.0 Å². The van der Waals surface area contributed by atoms with Crippen LogP contribution in [0.5, 0.6) is 5.75 Å². The van der Waals surface area contributed by atoms with Gasteiger partial charge in [0.25, 0.3) is 0 Å². The van der Waals surface area contributed by atoms with Crippen LogP contribution in [0.3, 0.4) is 0 Å². The second-order valence-corrected chi connectivity index (χ2v) is 5.90. The molecule has 0 spiro atoms. The van der Waals surface area contributed by atoms with Gasteiger partial charge in [-0.15, -0.1) is 0 Å². The summed E-state index contributed by atoms with van der Waals surface area (Å²) in [5.74, 6) is -0.853. The molecule has 0 bridgehead atoms. The fraction of sp³-hybridized carbons (Fsp3) is 0.294. The number of benzene rings is 2. The van der Waals surface area contributed by atoms with Crippen LogP contribution >= 0.6 is 0 Å². The van der Waals surface area contributed by atoms with Crippen LogP contribution < -0.4 is 10.1 Å². The van der Waals surface area contributed by atoms with Crippen LogP contribution in [0.15, 0.2) is 36.4 Å².